The topological polar surface area (TPSA) is 64.3 Å². The van der Waals surface area contributed by atoms with Gasteiger partial charge >= 0.3 is 0 Å². The van der Waals surface area contributed by atoms with Crippen molar-refractivity contribution in [3.05, 3.63) is 65.7 Å². The molecule has 0 saturated carbocycles. The third-order valence-electron chi connectivity index (χ3n) is 3.64. The molecule has 1 amide bonds. The number of benzene rings is 2. The predicted octanol–water partition coefficient (Wildman–Crippen LogP) is 3.39. The summed E-state index contributed by atoms with van der Waals surface area (Å²) in [4.78, 5) is 12.0. The van der Waals surface area contributed by atoms with Gasteiger partial charge in [-0.2, -0.15) is 0 Å². The Labute approximate surface area is 149 Å². The third-order valence-corrected chi connectivity index (χ3v) is 3.64. The summed E-state index contributed by atoms with van der Waals surface area (Å²) in [5, 5.41) is 2.88. The van der Waals surface area contributed by atoms with Crippen molar-refractivity contribution < 1.29 is 9.53 Å². The minimum Gasteiger partial charge on any atom is -0.489 e. The van der Waals surface area contributed by atoms with Gasteiger partial charge in [0.25, 0.3) is 0 Å². The molecule has 130 valence electrons. The van der Waals surface area contributed by atoms with Gasteiger partial charge < -0.3 is 15.8 Å². The summed E-state index contributed by atoms with van der Waals surface area (Å²) in [6.07, 6.45) is 0.161. The number of nitrogens with one attached hydrogen (secondary N) is 1. The van der Waals surface area contributed by atoms with E-state index < -0.39 is 0 Å². The highest BCUT2D eigenvalue weighted by Gasteiger charge is 2.13. The molecule has 4 nitrogen and oxygen atoms in total. The number of hydrogen-bond acceptors (Lipinski definition) is 3. The molecular weight excluding hydrogens is 324 g/mol. The summed E-state index contributed by atoms with van der Waals surface area (Å²) < 4.78 is 5.84. The standard InChI is InChI=1S/C19H24N2O2.ClH/c1-14-8-6-7-11-18(14)23-15(2)13-21-19(22)12-17(20)16-9-4-3-5-10-16;/h3-11,15,17H,12-13,20H2,1-2H3,(H,21,22);1H. The van der Waals surface area contributed by atoms with Crippen LogP contribution in [0.4, 0.5) is 0 Å². The highest BCUT2D eigenvalue weighted by atomic mass is 35.5. The lowest BCUT2D eigenvalue weighted by molar-refractivity contribution is -0.121. The Morgan fingerprint density at radius 2 is 1.75 bits per heavy atom. The normalized spacial score (nSPS) is 12.6. The highest BCUT2D eigenvalue weighted by Crippen LogP contribution is 2.17. The maximum absolute atomic E-state index is 12.0. The van der Waals surface area contributed by atoms with Crippen LogP contribution in [-0.4, -0.2) is 18.6 Å². The van der Waals surface area contributed by atoms with Gasteiger partial charge in [0.15, 0.2) is 0 Å². The number of ether oxygens (including phenoxy) is 1. The first-order valence-electron chi connectivity index (χ1n) is 7.85. The summed E-state index contributed by atoms with van der Waals surface area (Å²) in [7, 11) is 0. The van der Waals surface area contributed by atoms with Crippen LogP contribution < -0.4 is 15.8 Å². The predicted molar refractivity (Wildman–Crippen MR) is 99.5 cm³/mol. The quantitative estimate of drug-likeness (QED) is 0.806. The van der Waals surface area contributed by atoms with Crippen LogP contribution in [0.2, 0.25) is 0 Å². The van der Waals surface area contributed by atoms with Crippen LogP contribution in [-0.2, 0) is 4.79 Å². The maximum atomic E-state index is 12.0. The first kappa shape index (κ1) is 20.0. The summed E-state index contributed by atoms with van der Waals surface area (Å²) in [5.74, 6) is 0.775. The number of carbonyl (C=O) groups excluding carboxylic acids is 1. The molecule has 2 atom stereocenters. The number of amides is 1. The van der Waals surface area contributed by atoms with E-state index in [0.717, 1.165) is 16.9 Å². The van der Waals surface area contributed by atoms with E-state index in [2.05, 4.69) is 5.32 Å². The Morgan fingerprint density at radius 3 is 2.42 bits per heavy atom. The van der Waals surface area contributed by atoms with E-state index in [9.17, 15) is 4.79 Å². The Bertz CT molecular complexity index is 634. The van der Waals surface area contributed by atoms with Crippen molar-refractivity contribution in [1.29, 1.82) is 0 Å². The molecule has 2 aromatic carbocycles. The third kappa shape index (κ3) is 6.22. The highest BCUT2D eigenvalue weighted by molar-refractivity contribution is 5.85. The van der Waals surface area contributed by atoms with E-state index in [-0.39, 0.29) is 36.9 Å². The second-order valence-electron chi connectivity index (χ2n) is 5.72. The molecule has 2 unspecified atom stereocenters. The lowest BCUT2D eigenvalue weighted by Gasteiger charge is -2.18. The molecule has 0 heterocycles. The number of rotatable bonds is 7. The van der Waals surface area contributed by atoms with Gasteiger partial charge in [0.2, 0.25) is 5.91 Å². The van der Waals surface area contributed by atoms with Crippen LogP contribution in [0.5, 0.6) is 5.75 Å². The van der Waals surface area contributed by atoms with Crippen LogP contribution in [0.25, 0.3) is 0 Å². The molecule has 0 aliphatic carbocycles. The van der Waals surface area contributed by atoms with Gasteiger partial charge in [-0.3, -0.25) is 4.79 Å². The molecule has 0 aliphatic heterocycles. The van der Waals surface area contributed by atoms with Gasteiger partial charge in [0, 0.05) is 12.5 Å². The van der Waals surface area contributed by atoms with Crippen molar-refractivity contribution in [2.24, 2.45) is 5.73 Å². The molecule has 2 rings (SSSR count). The SMILES string of the molecule is Cc1ccccc1OC(C)CNC(=O)CC(N)c1ccccc1.Cl. The lowest BCUT2D eigenvalue weighted by atomic mass is 10.0. The van der Waals surface area contributed by atoms with Gasteiger partial charge in [-0.05, 0) is 31.0 Å². The van der Waals surface area contributed by atoms with Gasteiger partial charge in [0.1, 0.15) is 11.9 Å². The van der Waals surface area contributed by atoms with Gasteiger partial charge in [-0.1, -0.05) is 48.5 Å². The lowest BCUT2D eigenvalue weighted by Crippen LogP contribution is -2.35. The van der Waals surface area contributed by atoms with E-state index in [4.69, 9.17) is 10.5 Å². The molecule has 0 bridgehead atoms. The van der Waals surface area contributed by atoms with Crippen molar-refractivity contribution in [2.75, 3.05) is 6.54 Å². The summed E-state index contributed by atoms with van der Waals surface area (Å²) in [5.41, 5.74) is 8.10. The summed E-state index contributed by atoms with van der Waals surface area (Å²) in [6.45, 7) is 4.39. The molecule has 0 saturated heterocycles. The first-order chi connectivity index (χ1) is 11.1. The zero-order chi connectivity index (χ0) is 16.7. The van der Waals surface area contributed by atoms with Crippen LogP contribution in [0.1, 0.15) is 30.5 Å². The van der Waals surface area contributed by atoms with Crippen molar-refractivity contribution in [3.63, 3.8) is 0 Å². The monoisotopic (exact) mass is 348 g/mol. The minimum absolute atomic E-state index is 0. The summed E-state index contributed by atoms with van der Waals surface area (Å²) >= 11 is 0. The second-order valence-corrected chi connectivity index (χ2v) is 5.72. The molecule has 5 heteroatoms. The molecule has 0 fully saturated rings. The van der Waals surface area contributed by atoms with Crippen LogP contribution in [0.15, 0.2) is 54.6 Å². The molecular formula is C19H25ClN2O2. The van der Waals surface area contributed by atoms with Gasteiger partial charge in [-0.15, -0.1) is 12.4 Å². The minimum atomic E-state index is -0.288. The van der Waals surface area contributed by atoms with Crippen LogP contribution in [0.3, 0.4) is 0 Å². The Morgan fingerprint density at radius 1 is 1.12 bits per heavy atom. The van der Waals surface area contributed by atoms with E-state index in [1.165, 1.54) is 0 Å². The molecule has 3 N–H and O–H groups in total. The fourth-order valence-electron chi connectivity index (χ4n) is 2.29. The molecule has 2 aromatic rings. The van der Waals surface area contributed by atoms with Crippen molar-refractivity contribution in [3.8, 4) is 5.75 Å². The fraction of sp³-hybridized carbons (Fsp3) is 0.316. The van der Waals surface area contributed by atoms with E-state index in [0.29, 0.717) is 6.54 Å². The van der Waals surface area contributed by atoms with E-state index >= 15 is 0 Å². The Hall–Kier alpha value is -2.04. The Balaban J connectivity index is 0.00000288. The average Bonchev–Trinajstić information content (AvgIpc) is 2.56. The molecule has 0 aliphatic rings. The van der Waals surface area contributed by atoms with E-state index in [1.807, 2.05) is 68.4 Å². The maximum Gasteiger partial charge on any atom is 0.222 e. The second kappa shape index (κ2) is 9.96. The first-order valence-corrected chi connectivity index (χ1v) is 7.85. The van der Waals surface area contributed by atoms with Crippen molar-refractivity contribution in [2.45, 2.75) is 32.4 Å². The van der Waals surface area contributed by atoms with Gasteiger partial charge in [-0.25, -0.2) is 0 Å². The average molecular weight is 349 g/mol. The molecule has 24 heavy (non-hydrogen) atoms. The zero-order valence-electron chi connectivity index (χ0n) is 14.1. The number of hydrogen-bond donors (Lipinski definition) is 2. The van der Waals surface area contributed by atoms with Crippen LogP contribution in [0, 0.1) is 6.92 Å². The van der Waals surface area contributed by atoms with Gasteiger partial charge in [0.05, 0.1) is 6.54 Å². The van der Waals surface area contributed by atoms with Crippen molar-refractivity contribution >= 4 is 18.3 Å². The molecule has 0 spiro atoms. The van der Waals surface area contributed by atoms with E-state index in [1.54, 1.807) is 0 Å². The largest absolute Gasteiger partial charge is 0.489 e. The fourth-order valence-corrected chi connectivity index (χ4v) is 2.29. The number of carbonyl (C=O) groups is 1. The number of halogens is 1. The molecule has 0 radical (unpaired) electrons. The zero-order valence-corrected chi connectivity index (χ0v) is 14.9. The smallest absolute Gasteiger partial charge is 0.222 e. The number of aryl methyl sites for hydroxylation is 1. The number of para-hydroxylation sites is 1. The van der Waals surface area contributed by atoms with Crippen molar-refractivity contribution in [1.82, 2.24) is 5.32 Å². The summed E-state index contributed by atoms with van der Waals surface area (Å²) in [6, 6.07) is 17.2. The Kier molecular flexibility index (Phi) is 8.30. The van der Waals surface area contributed by atoms with Crippen LogP contribution >= 0.6 is 12.4 Å². The number of nitrogens with two attached hydrogens (primary N) is 1. The molecule has 0 aromatic heterocycles.